The number of thiazole rings is 1. The van der Waals surface area contributed by atoms with Gasteiger partial charge in [-0.15, -0.1) is 10.2 Å². The third kappa shape index (κ3) is 1.63. The molecule has 3 nitrogen and oxygen atoms in total. The molecule has 0 aliphatic carbocycles. The van der Waals surface area contributed by atoms with Crippen molar-refractivity contribution in [3.63, 3.8) is 0 Å². The molecule has 17 heavy (non-hydrogen) atoms. The smallest absolute Gasteiger partial charge is 0.217 e. The first-order chi connectivity index (χ1) is 8.08. The highest BCUT2D eigenvalue weighted by Gasteiger charge is 2.17. The highest BCUT2D eigenvalue weighted by Crippen LogP contribution is 2.35. The van der Waals surface area contributed by atoms with E-state index >= 15 is 0 Å². The minimum Gasteiger partial charge on any atom is -0.268 e. The summed E-state index contributed by atoms with van der Waals surface area (Å²) in [7, 11) is 0. The van der Waals surface area contributed by atoms with Crippen LogP contribution in [0.15, 0.2) is 12.1 Å². The Morgan fingerprint density at radius 1 is 1.24 bits per heavy atom. The highest BCUT2D eigenvalue weighted by molar-refractivity contribution is 7.23. The van der Waals surface area contributed by atoms with Crippen molar-refractivity contribution in [2.45, 2.75) is 19.8 Å². The van der Waals surface area contributed by atoms with E-state index in [0.29, 0.717) is 16.0 Å². The molecular formula is C11H9Cl2N3S. The van der Waals surface area contributed by atoms with Gasteiger partial charge in [0.25, 0.3) is 0 Å². The second-order valence-corrected chi connectivity index (χ2v) is 6.02. The summed E-state index contributed by atoms with van der Waals surface area (Å²) in [5, 5.41) is 9.66. The molecule has 0 atom stereocenters. The molecule has 0 aliphatic heterocycles. The van der Waals surface area contributed by atoms with E-state index in [4.69, 9.17) is 23.2 Å². The zero-order valence-electron chi connectivity index (χ0n) is 9.24. The zero-order chi connectivity index (χ0) is 12.2. The molecule has 0 radical (unpaired) electrons. The van der Waals surface area contributed by atoms with Crippen molar-refractivity contribution < 1.29 is 0 Å². The normalized spacial score (nSPS) is 12.1. The van der Waals surface area contributed by atoms with Crippen LogP contribution in [0.25, 0.3) is 15.2 Å². The van der Waals surface area contributed by atoms with Gasteiger partial charge in [-0.2, -0.15) is 0 Å². The van der Waals surface area contributed by atoms with Crippen LogP contribution in [0.4, 0.5) is 0 Å². The van der Waals surface area contributed by atoms with Gasteiger partial charge in [-0.3, -0.25) is 4.40 Å². The first kappa shape index (κ1) is 11.3. The van der Waals surface area contributed by atoms with Gasteiger partial charge in [0.2, 0.25) is 4.96 Å². The maximum absolute atomic E-state index is 6.26. The topological polar surface area (TPSA) is 30.2 Å². The quantitative estimate of drug-likeness (QED) is 0.664. The lowest BCUT2D eigenvalue weighted by molar-refractivity contribution is 0.766. The zero-order valence-corrected chi connectivity index (χ0v) is 11.6. The number of aromatic nitrogens is 3. The predicted octanol–water partition coefficient (Wildman–Crippen LogP) is 4.37. The Morgan fingerprint density at radius 2 is 2.00 bits per heavy atom. The van der Waals surface area contributed by atoms with Crippen LogP contribution >= 0.6 is 34.5 Å². The van der Waals surface area contributed by atoms with Crippen LogP contribution in [0.3, 0.4) is 0 Å². The molecule has 0 fully saturated rings. The van der Waals surface area contributed by atoms with Crippen molar-refractivity contribution >= 4 is 49.7 Å². The summed E-state index contributed by atoms with van der Waals surface area (Å²) in [4.78, 5) is 0.855. The van der Waals surface area contributed by atoms with Crippen molar-refractivity contribution in [1.29, 1.82) is 0 Å². The van der Waals surface area contributed by atoms with E-state index in [1.807, 2.05) is 10.5 Å². The molecular weight excluding hydrogens is 277 g/mol. The number of hydrogen-bond donors (Lipinski definition) is 0. The van der Waals surface area contributed by atoms with Gasteiger partial charge >= 0.3 is 0 Å². The van der Waals surface area contributed by atoms with Crippen molar-refractivity contribution in [1.82, 2.24) is 14.6 Å². The van der Waals surface area contributed by atoms with E-state index in [0.717, 1.165) is 21.0 Å². The Kier molecular flexibility index (Phi) is 2.54. The second kappa shape index (κ2) is 3.83. The molecule has 0 bridgehead atoms. The summed E-state index contributed by atoms with van der Waals surface area (Å²) >= 11 is 13.8. The number of rotatable bonds is 1. The van der Waals surface area contributed by atoms with Gasteiger partial charge in [0, 0.05) is 10.9 Å². The van der Waals surface area contributed by atoms with E-state index in [-0.39, 0.29) is 0 Å². The molecule has 0 saturated heterocycles. The van der Waals surface area contributed by atoms with Gasteiger partial charge in [0.1, 0.15) is 5.82 Å². The highest BCUT2D eigenvalue weighted by atomic mass is 35.5. The van der Waals surface area contributed by atoms with Crippen LogP contribution in [0, 0.1) is 0 Å². The van der Waals surface area contributed by atoms with E-state index in [2.05, 4.69) is 24.0 Å². The van der Waals surface area contributed by atoms with Crippen LogP contribution in [0.1, 0.15) is 25.6 Å². The standard InChI is InChI=1S/C11H9Cl2N3S/c1-5(2)10-14-15-11-16(10)9-7(13)3-6(12)4-8(9)17-11/h3-5H,1-2H3. The van der Waals surface area contributed by atoms with Crippen LogP contribution in [0.2, 0.25) is 10.0 Å². The summed E-state index contributed by atoms with van der Waals surface area (Å²) in [6, 6.07) is 3.66. The molecule has 0 unspecified atom stereocenters. The van der Waals surface area contributed by atoms with Gasteiger partial charge in [-0.1, -0.05) is 48.4 Å². The number of halogens is 2. The van der Waals surface area contributed by atoms with Crippen molar-refractivity contribution in [2.75, 3.05) is 0 Å². The van der Waals surface area contributed by atoms with Gasteiger partial charge in [0.05, 0.1) is 15.2 Å². The number of nitrogens with zero attached hydrogens (tertiary/aromatic N) is 3. The van der Waals surface area contributed by atoms with Crippen LogP contribution in [-0.2, 0) is 0 Å². The molecule has 88 valence electrons. The fraction of sp³-hybridized carbons (Fsp3) is 0.273. The van der Waals surface area contributed by atoms with Gasteiger partial charge in [-0.05, 0) is 12.1 Å². The number of hydrogen-bond acceptors (Lipinski definition) is 3. The minimum atomic E-state index is 0.301. The third-order valence-corrected chi connectivity index (χ3v) is 4.08. The summed E-state index contributed by atoms with van der Waals surface area (Å²) < 4.78 is 3.05. The fourth-order valence-electron chi connectivity index (χ4n) is 1.87. The summed E-state index contributed by atoms with van der Waals surface area (Å²) in [6.45, 7) is 4.17. The Bertz CT molecular complexity index is 714. The van der Waals surface area contributed by atoms with Gasteiger partial charge < -0.3 is 0 Å². The summed E-state index contributed by atoms with van der Waals surface area (Å²) in [5.41, 5.74) is 0.949. The van der Waals surface area contributed by atoms with E-state index in [1.165, 1.54) is 0 Å². The molecule has 2 heterocycles. The van der Waals surface area contributed by atoms with Crippen LogP contribution in [0.5, 0.6) is 0 Å². The summed E-state index contributed by atoms with van der Waals surface area (Å²) in [6.07, 6.45) is 0. The number of fused-ring (bicyclic) bond motifs is 3. The van der Waals surface area contributed by atoms with Crippen molar-refractivity contribution in [3.8, 4) is 0 Å². The van der Waals surface area contributed by atoms with E-state index in [1.54, 1.807) is 17.4 Å². The second-order valence-electron chi connectivity index (χ2n) is 4.17. The Balaban J connectivity index is 2.51. The molecule has 1 aromatic carbocycles. The molecule has 0 spiro atoms. The first-order valence-electron chi connectivity index (χ1n) is 5.20. The molecule has 2 aromatic heterocycles. The lowest BCUT2D eigenvalue weighted by atomic mass is 10.2. The molecule has 6 heteroatoms. The SMILES string of the molecule is CC(C)c1nnc2sc3cc(Cl)cc(Cl)c3n12. The Hall–Kier alpha value is -0.840. The molecule has 0 aliphatic rings. The molecule has 3 rings (SSSR count). The molecule has 0 N–H and O–H groups in total. The predicted molar refractivity (Wildman–Crippen MR) is 72.5 cm³/mol. The molecule has 0 amide bonds. The maximum Gasteiger partial charge on any atom is 0.217 e. The maximum atomic E-state index is 6.26. The van der Waals surface area contributed by atoms with E-state index < -0.39 is 0 Å². The Morgan fingerprint density at radius 3 is 2.71 bits per heavy atom. The average Bonchev–Trinajstić information content (AvgIpc) is 2.73. The molecule has 0 saturated carbocycles. The third-order valence-electron chi connectivity index (χ3n) is 2.59. The minimum absolute atomic E-state index is 0.301. The number of benzene rings is 1. The lowest BCUT2D eigenvalue weighted by Crippen LogP contribution is -1.96. The summed E-state index contributed by atoms with van der Waals surface area (Å²) in [5.74, 6) is 1.23. The van der Waals surface area contributed by atoms with E-state index in [9.17, 15) is 0 Å². The van der Waals surface area contributed by atoms with Gasteiger partial charge in [-0.25, -0.2) is 0 Å². The first-order valence-corrected chi connectivity index (χ1v) is 6.77. The van der Waals surface area contributed by atoms with Crippen molar-refractivity contribution in [2.24, 2.45) is 0 Å². The Labute approximate surface area is 112 Å². The fourth-order valence-corrected chi connectivity index (χ4v) is 3.60. The van der Waals surface area contributed by atoms with Crippen LogP contribution < -0.4 is 0 Å². The molecule has 3 aromatic rings. The average molecular weight is 286 g/mol. The van der Waals surface area contributed by atoms with Crippen molar-refractivity contribution in [3.05, 3.63) is 28.0 Å². The van der Waals surface area contributed by atoms with Gasteiger partial charge in [0.15, 0.2) is 0 Å². The largest absolute Gasteiger partial charge is 0.268 e. The monoisotopic (exact) mass is 285 g/mol. The lowest BCUT2D eigenvalue weighted by Gasteiger charge is -2.03. The van der Waals surface area contributed by atoms with Crippen LogP contribution in [-0.4, -0.2) is 14.6 Å².